The maximum Gasteiger partial charge on any atom is 0.210 e. The molecule has 1 aromatic carbocycles. The third-order valence-corrected chi connectivity index (χ3v) is 2.07. The Kier molecular flexibility index (Phi) is 4.72. The summed E-state index contributed by atoms with van der Waals surface area (Å²) in [5.41, 5.74) is 4.06. The van der Waals surface area contributed by atoms with Crippen LogP contribution in [0.3, 0.4) is 0 Å². The Morgan fingerprint density at radius 2 is 2.25 bits per heavy atom. The normalized spacial score (nSPS) is 11.4. The summed E-state index contributed by atoms with van der Waals surface area (Å²) < 4.78 is 12.9. The number of nitrogens with one attached hydrogen (secondary N) is 2. The van der Waals surface area contributed by atoms with Crippen LogP contribution < -0.4 is 16.6 Å². The highest BCUT2D eigenvalue weighted by atomic mass is 19.1. The highest BCUT2D eigenvalue weighted by Gasteiger charge is 2.02. The fraction of sp³-hybridized carbons (Fsp3) is 0.364. The minimum atomic E-state index is -0.254. The first-order chi connectivity index (χ1) is 7.67. The van der Waals surface area contributed by atoms with E-state index in [1.54, 1.807) is 6.07 Å². The first kappa shape index (κ1) is 12.4. The fourth-order valence-corrected chi connectivity index (χ4v) is 1.24. The maximum atomic E-state index is 12.9. The molecule has 0 amide bonds. The quantitative estimate of drug-likeness (QED) is 0.317. The van der Waals surface area contributed by atoms with Gasteiger partial charge in [0.2, 0.25) is 5.96 Å². The molecule has 0 bridgehead atoms. The molecule has 0 heterocycles. The summed E-state index contributed by atoms with van der Waals surface area (Å²) in [4.78, 5) is 4.20. The molecule has 4 nitrogen and oxygen atoms in total. The van der Waals surface area contributed by atoms with E-state index in [2.05, 4.69) is 15.7 Å². The molecule has 0 radical (unpaired) electrons. The van der Waals surface area contributed by atoms with Gasteiger partial charge >= 0.3 is 0 Å². The van der Waals surface area contributed by atoms with Gasteiger partial charge in [-0.15, -0.1) is 0 Å². The van der Waals surface area contributed by atoms with Crippen LogP contribution in [0.25, 0.3) is 0 Å². The third kappa shape index (κ3) is 3.51. The summed E-state index contributed by atoms with van der Waals surface area (Å²) in [7, 11) is 0. The molecule has 4 N–H and O–H groups in total. The Morgan fingerprint density at radius 3 is 2.81 bits per heavy atom. The molecule has 0 saturated heterocycles. The second kappa shape index (κ2) is 6.07. The van der Waals surface area contributed by atoms with E-state index in [9.17, 15) is 4.39 Å². The lowest BCUT2D eigenvalue weighted by molar-refractivity contribution is 0.627. The molecule has 0 aliphatic heterocycles. The highest BCUT2D eigenvalue weighted by Crippen LogP contribution is 2.15. The van der Waals surface area contributed by atoms with E-state index >= 15 is 0 Å². The zero-order valence-corrected chi connectivity index (χ0v) is 9.55. The van der Waals surface area contributed by atoms with E-state index in [-0.39, 0.29) is 5.82 Å². The number of hydrogen-bond donors (Lipinski definition) is 3. The molecule has 1 rings (SSSR count). The van der Waals surface area contributed by atoms with Crippen LogP contribution in [0.4, 0.5) is 10.1 Å². The second-order valence-electron chi connectivity index (χ2n) is 3.46. The molecule has 0 atom stereocenters. The molecule has 0 aromatic heterocycles. The van der Waals surface area contributed by atoms with Gasteiger partial charge in [0, 0.05) is 12.2 Å². The van der Waals surface area contributed by atoms with Crippen molar-refractivity contribution in [3.8, 4) is 0 Å². The number of hydrazine groups is 1. The van der Waals surface area contributed by atoms with Crippen molar-refractivity contribution in [3.05, 3.63) is 29.6 Å². The predicted molar refractivity (Wildman–Crippen MR) is 64.7 cm³/mol. The number of nitrogens with zero attached hydrogens (tertiary/aromatic N) is 1. The number of aliphatic imine (C=N–C) groups is 1. The highest BCUT2D eigenvalue weighted by molar-refractivity contribution is 5.93. The largest absolute Gasteiger partial charge is 0.325 e. The zero-order valence-electron chi connectivity index (χ0n) is 9.55. The third-order valence-electron chi connectivity index (χ3n) is 2.07. The van der Waals surface area contributed by atoms with Crippen molar-refractivity contribution in [3.63, 3.8) is 0 Å². The van der Waals surface area contributed by atoms with Crippen molar-refractivity contribution < 1.29 is 4.39 Å². The SMILES string of the molecule is CCCN=C(NN)Nc1ccc(F)cc1C. The molecule has 88 valence electrons. The van der Waals surface area contributed by atoms with Crippen LogP contribution >= 0.6 is 0 Å². The number of benzene rings is 1. The molecule has 0 saturated carbocycles. The van der Waals surface area contributed by atoms with Gasteiger partial charge in [-0.3, -0.25) is 10.4 Å². The molecule has 0 fully saturated rings. The Hall–Kier alpha value is -1.62. The average Bonchev–Trinajstić information content (AvgIpc) is 2.27. The number of guanidine groups is 1. The van der Waals surface area contributed by atoms with Gasteiger partial charge in [-0.2, -0.15) is 0 Å². The van der Waals surface area contributed by atoms with Gasteiger partial charge in [0.25, 0.3) is 0 Å². The lowest BCUT2D eigenvalue weighted by atomic mass is 10.2. The Bertz CT molecular complexity index is 376. The van der Waals surface area contributed by atoms with Crippen LogP contribution in [-0.2, 0) is 0 Å². The molecule has 0 unspecified atom stereocenters. The number of halogens is 1. The van der Waals surface area contributed by atoms with Gasteiger partial charge in [-0.1, -0.05) is 6.92 Å². The van der Waals surface area contributed by atoms with E-state index in [0.29, 0.717) is 12.5 Å². The number of aryl methyl sites for hydroxylation is 1. The number of nitrogens with two attached hydrogens (primary N) is 1. The fourth-order valence-electron chi connectivity index (χ4n) is 1.24. The first-order valence-corrected chi connectivity index (χ1v) is 5.21. The molecule has 0 aliphatic carbocycles. The number of rotatable bonds is 3. The van der Waals surface area contributed by atoms with Crippen molar-refractivity contribution in [1.29, 1.82) is 0 Å². The molecule has 0 aliphatic rings. The van der Waals surface area contributed by atoms with Crippen LogP contribution in [0.2, 0.25) is 0 Å². The van der Waals surface area contributed by atoms with Crippen LogP contribution in [0.15, 0.2) is 23.2 Å². The van der Waals surface area contributed by atoms with Gasteiger partial charge in [0.05, 0.1) is 0 Å². The van der Waals surface area contributed by atoms with E-state index in [1.165, 1.54) is 12.1 Å². The van der Waals surface area contributed by atoms with Gasteiger partial charge in [0.15, 0.2) is 0 Å². The Morgan fingerprint density at radius 1 is 1.50 bits per heavy atom. The Labute approximate surface area is 94.7 Å². The van der Waals surface area contributed by atoms with E-state index in [4.69, 9.17) is 5.84 Å². The molecular formula is C11H17FN4. The zero-order chi connectivity index (χ0) is 12.0. The van der Waals surface area contributed by atoms with Crippen LogP contribution in [0, 0.1) is 12.7 Å². The summed E-state index contributed by atoms with van der Waals surface area (Å²) in [6.45, 7) is 4.53. The number of hydrogen-bond acceptors (Lipinski definition) is 2. The van der Waals surface area contributed by atoms with Gasteiger partial charge in [0.1, 0.15) is 5.82 Å². The minimum absolute atomic E-state index is 0.254. The topological polar surface area (TPSA) is 62.4 Å². The minimum Gasteiger partial charge on any atom is -0.325 e. The van der Waals surface area contributed by atoms with Crippen molar-refractivity contribution in [2.24, 2.45) is 10.8 Å². The molecular weight excluding hydrogens is 207 g/mol. The Balaban J connectivity index is 2.78. The molecule has 5 heteroatoms. The first-order valence-electron chi connectivity index (χ1n) is 5.21. The average molecular weight is 224 g/mol. The standard InChI is InChI=1S/C11H17FN4/c1-3-6-14-11(16-13)15-10-5-4-9(12)7-8(10)2/h4-5,7H,3,6,13H2,1-2H3,(H2,14,15,16). The van der Waals surface area contributed by atoms with Crippen molar-refractivity contribution in [1.82, 2.24) is 5.43 Å². The van der Waals surface area contributed by atoms with E-state index in [0.717, 1.165) is 17.7 Å². The lowest BCUT2D eigenvalue weighted by Crippen LogP contribution is -2.36. The molecule has 16 heavy (non-hydrogen) atoms. The second-order valence-corrected chi connectivity index (χ2v) is 3.46. The van der Waals surface area contributed by atoms with E-state index in [1.807, 2.05) is 13.8 Å². The summed E-state index contributed by atoms with van der Waals surface area (Å²) in [5.74, 6) is 5.55. The van der Waals surface area contributed by atoms with Crippen LogP contribution in [0.5, 0.6) is 0 Å². The van der Waals surface area contributed by atoms with Crippen molar-refractivity contribution in [2.45, 2.75) is 20.3 Å². The summed E-state index contributed by atoms with van der Waals surface area (Å²) in [6.07, 6.45) is 0.940. The van der Waals surface area contributed by atoms with Gasteiger partial charge < -0.3 is 5.32 Å². The van der Waals surface area contributed by atoms with Crippen molar-refractivity contribution in [2.75, 3.05) is 11.9 Å². The molecule has 1 aromatic rings. The van der Waals surface area contributed by atoms with Gasteiger partial charge in [-0.05, 0) is 37.1 Å². The smallest absolute Gasteiger partial charge is 0.210 e. The predicted octanol–water partition coefficient (Wildman–Crippen LogP) is 1.78. The molecule has 0 spiro atoms. The maximum absolute atomic E-state index is 12.9. The van der Waals surface area contributed by atoms with Crippen LogP contribution in [-0.4, -0.2) is 12.5 Å². The van der Waals surface area contributed by atoms with E-state index < -0.39 is 0 Å². The summed E-state index contributed by atoms with van der Waals surface area (Å²) in [6, 6.07) is 4.50. The summed E-state index contributed by atoms with van der Waals surface area (Å²) >= 11 is 0. The lowest BCUT2D eigenvalue weighted by Gasteiger charge is -2.11. The monoisotopic (exact) mass is 224 g/mol. The van der Waals surface area contributed by atoms with Crippen LogP contribution in [0.1, 0.15) is 18.9 Å². The number of anilines is 1. The van der Waals surface area contributed by atoms with Crippen molar-refractivity contribution >= 4 is 11.6 Å². The van der Waals surface area contributed by atoms with Gasteiger partial charge in [-0.25, -0.2) is 10.2 Å². The summed E-state index contributed by atoms with van der Waals surface area (Å²) in [5, 5.41) is 3.01.